The van der Waals surface area contributed by atoms with Gasteiger partial charge in [0, 0.05) is 16.1 Å². The van der Waals surface area contributed by atoms with E-state index in [2.05, 4.69) is 33.2 Å². The molecule has 0 bridgehead atoms. The lowest BCUT2D eigenvalue weighted by Crippen LogP contribution is -2.37. The average Bonchev–Trinajstić information content (AvgIpc) is 2.97. The second-order valence-corrected chi connectivity index (χ2v) is 7.31. The molecule has 1 aliphatic rings. The van der Waals surface area contributed by atoms with Gasteiger partial charge in [-0.2, -0.15) is 0 Å². The molecule has 2 atom stereocenters. The Morgan fingerprint density at radius 3 is 2.61 bits per heavy atom. The smallest absolute Gasteiger partial charge is 0.241 e. The summed E-state index contributed by atoms with van der Waals surface area (Å²) in [6.07, 6.45) is 1.69. The molecule has 2 aromatic carbocycles. The van der Waals surface area contributed by atoms with Crippen LogP contribution in [-0.2, 0) is 4.79 Å². The molecule has 6 heteroatoms. The number of hydrogen-bond acceptors (Lipinski definition) is 2. The Bertz CT molecular complexity index is 740. The standard InChI is InChI=1S/C17H15ClFIN2O/c18-12-6-2-1-4-10(12)11-5-3-7-13(16(11)19)22-17(23)14-8-9-15(20)21-14/h1-7,14-15,21H,8-9H2,(H,22,23)/t14-,15-/m0/s1. The molecule has 0 aromatic heterocycles. The lowest BCUT2D eigenvalue weighted by Gasteiger charge is -2.14. The molecule has 3 nitrogen and oxygen atoms in total. The minimum absolute atomic E-state index is 0.172. The monoisotopic (exact) mass is 444 g/mol. The highest BCUT2D eigenvalue weighted by molar-refractivity contribution is 14.1. The van der Waals surface area contributed by atoms with Gasteiger partial charge in [0.05, 0.1) is 15.8 Å². The predicted molar refractivity (Wildman–Crippen MR) is 99.4 cm³/mol. The van der Waals surface area contributed by atoms with Crippen molar-refractivity contribution in [1.82, 2.24) is 5.32 Å². The second-order valence-electron chi connectivity index (χ2n) is 5.40. The zero-order valence-corrected chi connectivity index (χ0v) is 15.1. The van der Waals surface area contributed by atoms with Crippen LogP contribution in [0, 0.1) is 5.82 Å². The molecular weight excluding hydrogens is 430 g/mol. The number of carbonyl (C=O) groups is 1. The van der Waals surface area contributed by atoms with Crippen LogP contribution in [0.1, 0.15) is 12.8 Å². The first-order valence-corrected chi connectivity index (χ1v) is 8.93. The minimum atomic E-state index is -0.474. The molecule has 0 aliphatic carbocycles. The highest BCUT2D eigenvalue weighted by atomic mass is 127. The van der Waals surface area contributed by atoms with Crippen LogP contribution in [0.15, 0.2) is 42.5 Å². The van der Waals surface area contributed by atoms with Crippen molar-refractivity contribution in [2.75, 3.05) is 5.32 Å². The van der Waals surface area contributed by atoms with Crippen LogP contribution in [0.25, 0.3) is 11.1 Å². The average molecular weight is 445 g/mol. The number of nitrogens with one attached hydrogen (secondary N) is 2. The van der Waals surface area contributed by atoms with Gasteiger partial charge >= 0.3 is 0 Å². The summed E-state index contributed by atoms with van der Waals surface area (Å²) in [4.78, 5) is 12.3. The first-order valence-electron chi connectivity index (χ1n) is 7.30. The minimum Gasteiger partial charge on any atom is -0.322 e. The van der Waals surface area contributed by atoms with Crippen molar-refractivity contribution in [3.05, 3.63) is 53.3 Å². The van der Waals surface area contributed by atoms with Crippen molar-refractivity contribution in [2.45, 2.75) is 22.9 Å². The zero-order chi connectivity index (χ0) is 16.4. The molecule has 3 rings (SSSR count). The molecule has 1 amide bonds. The van der Waals surface area contributed by atoms with E-state index >= 15 is 0 Å². The molecule has 0 unspecified atom stereocenters. The fourth-order valence-electron chi connectivity index (χ4n) is 2.64. The van der Waals surface area contributed by atoms with E-state index in [-0.39, 0.29) is 21.7 Å². The first-order chi connectivity index (χ1) is 11.1. The lowest BCUT2D eigenvalue weighted by atomic mass is 10.0. The molecule has 23 heavy (non-hydrogen) atoms. The van der Waals surface area contributed by atoms with Crippen LogP contribution >= 0.6 is 34.2 Å². The predicted octanol–water partition coefficient (Wildman–Crippen LogP) is 4.60. The van der Waals surface area contributed by atoms with Gasteiger partial charge in [-0.3, -0.25) is 10.1 Å². The lowest BCUT2D eigenvalue weighted by molar-refractivity contribution is -0.117. The van der Waals surface area contributed by atoms with Crippen molar-refractivity contribution in [3.63, 3.8) is 0 Å². The van der Waals surface area contributed by atoms with Gasteiger partial charge in [0.1, 0.15) is 0 Å². The third kappa shape index (κ3) is 3.67. The summed E-state index contributed by atoms with van der Waals surface area (Å²) in [7, 11) is 0. The molecule has 1 saturated heterocycles. The van der Waals surface area contributed by atoms with Crippen molar-refractivity contribution < 1.29 is 9.18 Å². The SMILES string of the molecule is O=C(Nc1cccc(-c2ccccc2Cl)c1F)[C@@H]1CC[C@@H](I)N1. The van der Waals surface area contributed by atoms with Crippen LogP contribution in [0.5, 0.6) is 0 Å². The number of benzene rings is 2. The molecule has 120 valence electrons. The summed E-state index contributed by atoms with van der Waals surface area (Å²) < 4.78 is 15.0. The van der Waals surface area contributed by atoms with E-state index in [1.54, 1.807) is 42.5 Å². The Morgan fingerprint density at radius 2 is 1.91 bits per heavy atom. The van der Waals surface area contributed by atoms with Gasteiger partial charge in [-0.25, -0.2) is 4.39 Å². The van der Waals surface area contributed by atoms with Gasteiger partial charge < -0.3 is 5.32 Å². The zero-order valence-electron chi connectivity index (χ0n) is 12.2. The fraction of sp³-hybridized carbons (Fsp3) is 0.235. The normalized spacial score (nSPS) is 20.5. The van der Waals surface area contributed by atoms with Gasteiger partial charge in [-0.15, -0.1) is 0 Å². The van der Waals surface area contributed by atoms with Crippen molar-refractivity contribution in [2.24, 2.45) is 0 Å². The maximum atomic E-state index is 14.8. The van der Waals surface area contributed by atoms with Gasteiger partial charge in [-0.1, -0.05) is 64.5 Å². The Labute approximate surface area is 152 Å². The van der Waals surface area contributed by atoms with Crippen molar-refractivity contribution in [3.8, 4) is 11.1 Å². The topological polar surface area (TPSA) is 41.1 Å². The van der Waals surface area contributed by atoms with E-state index in [9.17, 15) is 9.18 Å². The highest BCUT2D eigenvalue weighted by Crippen LogP contribution is 2.32. The second kappa shape index (κ2) is 7.15. The van der Waals surface area contributed by atoms with Gasteiger partial charge in [-0.05, 0) is 25.0 Å². The largest absolute Gasteiger partial charge is 0.322 e. The third-order valence-electron chi connectivity index (χ3n) is 3.83. The van der Waals surface area contributed by atoms with Gasteiger partial charge in [0.15, 0.2) is 5.82 Å². The first kappa shape index (κ1) is 16.7. The van der Waals surface area contributed by atoms with Crippen LogP contribution in [-0.4, -0.2) is 16.0 Å². The van der Waals surface area contributed by atoms with Crippen LogP contribution in [0.3, 0.4) is 0 Å². The number of hydrogen-bond donors (Lipinski definition) is 2. The summed E-state index contributed by atoms with van der Waals surface area (Å²) in [5.74, 6) is -0.683. The summed E-state index contributed by atoms with van der Waals surface area (Å²) in [5.41, 5.74) is 1.15. The number of anilines is 1. The van der Waals surface area contributed by atoms with E-state index in [0.717, 1.165) is 12.8 Å². The Balaban J connectivity index is 1.86. The molecule has 2 aromatic rings. The maximum Gasteiger partial charge on any atom is 0.241 e. The van der Waals surface area contributed by atoms with Crippen LogP contribution in [0.2, 0.25) is 5.02 Å². The molecule has 1 heterocycles. The van der Waals surface area contributed by atoms with E-state index in [1.807, 2.05) is 0 Å². The Morgan fingerprint density at radius 1 is 1.17 bits per heavy atom. The van der Waals surface area contributed by atoms with E-state index in [1.165, 1.54) is 0 Å². The number of rotatable bonds is 3. The maximum absolute atomic E-state index is 14.8. The number of carbonyl (C=O) groups excluding carboxylic acids is 1. The summed E-state index contributed by atoms with van der Waals surface area (Å²) in [6, 6.07) is 11.7. The molecule has 1 aliphatic heterocycles. The summed E-state index contributed by atoms with van der Waals surface area (Å²) in [5, 5.41) is 6.33. The molecule has 2 N–H and O–H groups in total. The third-order valence-corrected chi connectivity index (χ3v) is 5.14. The Kier molecular flexibility index (Phi) is 5.18. The van der Waals surface area contributed by atoms with Gasteiger partial charge in [0.25, 0.3) is 0 Å². The van der Waals surface area contributed by atoms with Crippen molar-refractivity contribution >= 4 is 45.8 Å². The van der Waals surface area contributed by atoms with Crippen molar-refractivity contribution in [1.29, 1.82) is 0 Å². The fourth-order valence-corrected chi connectivity index (χ4v) is 3.67. The summed E-state index contributed by atoms with van der Waals surface area (Å²) in [6.45, 7) is 0. The Hall–Kier alpha value is -1.18. The van der Waals surface area contributed by atoms with E-state index in [0.29, 0.717) is 16.1 Å². The molecule has 0 spiro atoms. The summed E-state index contributed by atoms with van der Waals surface area (Å²) >= 11 is 8.40. The van der Waals surface area contributed by atoms with E-state index in [4.69, 9.17) is 11.6 Å². The molecule has 0 saturated carbocycles. The number of amides is 1. The highest BCUT2D eigenvalue weighted by Gasteiger charge is 2.28. The van der Waals surface area contributed by atoms with E-state index < -0.39 is 5.82 Å². The molecule has 0 radical (unpaired) electrons. The number of halogens is 3. The van der Waals surface area contributed by atoms with Gasteiger partial charge in [0.2, 0.25) is 5.91 Å². The number of alkyl halides is 1. The van der Waals surface area contributed by atoms with Crippen LogP contribution < -0.4 is 10.6 Å². The molecular formula is C17H15ClFIN2O. The van der Waals surface area contributed by atoms with Crippen LogP contribution in [0.4, 0.5) is 10.1 Å². The molecule has 1 fully saturated rings. The quantitative estimate of drug-likeness (QED) is 0.413.